The van der Waals surface area contributed by atoms with Crippen LogP contribution in [0.4, 0.5) is 17.6 Å². The summed E-state index contributed by atoms with van der Waals surface area (Å²) in [6.45, 7) is 3.29. The van der Waals surface area contributed by atoms with Crippen LogP contribution in [-0.4, -0.2) is 56.9 Å². The first-order chi connectivity index (χ1) is 18.4. The van der Waals surface area contributed by atoms with Gasteiger partial charge in [-0.05, 0) is 44.8 Å². The van der Waals surface area contributed by atoms with Crippen LogP contribution in [0.1, 0.15) is 77.7 Å². The Morgan fingerprint density at radius 3 is 2.54 bits per heavy atom. The number of nitrogens with one attached hydrogen (secondary N) is 2. The highest BCUT2D eigenvalue weighted by molar-refractivity contribution is 7.13. The molecule has 14 heteroatoms. The van der Waals surface area contributed by atoms with Gasteiger partial charge in [0.25, 0.3) is 5.91 Å². The number of thiazole rings is 2. The molecule has 0 saturated carbocycles. The highest BCUT2D eigenvalue weighted by atomic mass is 32.1. The summed E-state index contributed by atoms with van der Waals surface area (Å²) in [5, 5.41) is 26.3. The molecule has 0 radical (unpaired) electrons. The molecule has 1 aliphatic rings. The number of aliphatic hydroxyl groups excluding tert-OH is 2. The maximum Gasteiger partial charge on any atom is 0.389 e. The van der Waals surface area contributed by atoms with Crippen molar-refractivity contribution in [3.63, 3.8) is 0 Å². The van der Waals surface area contributed by atoms with Gasteiger partial charge in [-0.3, -0.25) is 9.59 Å². The van der Waals surface area contributed by atoms with Crippen LogP contribution >= 0.6 is 22.7 Å². The Labute approximate surface area is 231 Å². The lowest BCUT2D eigenvalue weighted by Gasteiger charge is -2.23. The van der Waals surface area contributed by atoms with Crippen molar-refractivity contribution in [3.05, 3.63) is 56.7 Å². The van der Waals surface area contributed by atoms with Crippen molar-refractivity contribution >= 4 is 34.5 Å². The molecule has 4 atom stereocenters. The molecule has 3 rings (SSSR count). The van der Waals surface area contributed by atoms with Crippen molar-refractivity contribution in [1.29, 1.82) is 0 Å². The molecule has 0 aromatic carbocycles. The number of aliphatic hydroxyl groups is 2. The molecule has 4 N–H and O–H groups in total. The Hall–Kier alpha value is -2.68. The molecular formula is C25H32F4N4O4S2. The fourth-order valence-corrected chi connectivity index (χ4v) is 4.84. The average molecular weight is 593 g/mol. The van der Waals surface area contributed by atoms with Crippen LogP contribution in [0.2, 0.25) is 0 Å². The zero-order valence-electron chi connectivity index (χ0n) is 21.4. The Kier molecular flexibility index (Phi) is 13.2. The molecule has 0 spiro atoms. The van der Waals surface area contributed by atoms with Gasteiger partial charge >= 0.3 is 6.18 Å². The predicted octanol–water partition coefficient (Wildman–Crippen LogP) is 4.95. The normalized spacial score (nSPS) is 17.3. The zero-order chi connectivity index (χ0) is 29.0. The molecule has 2 heterocycles. The van der Waals surface area contributed by atoms with E-state index < -0.39 is 43.1 Å². The highest BCUT2D eigenvalue weighted by Crippen LogP contribution is 2.30. The quantitative estimate of drug-likeness (QED) is 0.274. The minimum atomic E-state index is -4.35. The Balaban J connectivity index is 0.000000976. The Bertz CT molecular complexity index is 1100. The summed E-state index contributed by atoms with van der Waals surface area (Å²) in [6, 6.07) is -1.00. The number of halogens is 4. The molecule has 0 fully saturated rings. The van der Waals surface area contributed by atoms with Crippen LogP contribution in [0.5, 0.6) is 0 Å². The van der Waals surface area contributed by atoms with Crippen molar-refractivity contribution in [3.8, 4) is 0 Å². The third-order valence-corrected chi connectivity index (χ3v) is 7.50. The van der Waals surface area contributed by atoms with E-state index in [-0.39, 0.29) is 40.6 Å². The predicted molar refractivity (Wildman–Crippen MR) is 141 cm³/mol. The first-order valence-corrected chi connectivity index (χ1v) is 14.0. The van der Waals surface area contributed by atoms with E-state index in [0.29, 0.717) is 11.4 Å². The minimum Gasteiger partial charge on any atom is -0.393 e. The van der Waals surface area contributed by atoms with Gasteiger partial charge in [0, 0.05) is 23.9 Å². The summed E-state index contributed by atoms with van der Waals surface area (Å²) in [4.78, 5) is 33.2. The molecule has 1 aliphatic carbocycles. The molecule has 216 valence electrons. The van der Waals surface area contributed by atoms with E-state index in [9.17, 15) is 32.3 Å². The first kappa shape index (κ1) is 32.5. The number of allylic oxidation sites excluding steroid dienone is 4. The Morgan fingerprint density at radius 1 is 1.26 bits per heavy atom. The second-order valence-electron chi connectivity index (χ2n) is 8.79. The molecule has 2 amide bonds. The first-order valence-electron chi connectivity index (χ1n) is 12.3. The number of carbonyl (C=O) groups is 2. The number of hydrogen-bond acceptors (Lipinski definition) is 8. The molecule has 39 heavy (non-hydrogen) atoms. The van der Waals surface area contributed by atoms with Gasteiger partial charge in [0.2, 0.25) is 5.91 Å². The van der Waals surface area contributed by atoms with E-state index in [0.717, 1.165) is 29.1 Å². The van der Waals surface area contributed by atoms with Crippen LogP contribution in [0.15, 0.2) is 41.8 Å². The third-order valence-electron chi connectivity index (χ3n) is 5.53. The maximum absolute atomic E-state index is 13.1. The SMILES string of the molecule is CCC(C)O.O=C(CNC(=O)c1cnc(C2C=CC(F)=CC2)s1)NC(CCCC(F)(F)F)C(O)c1nccs1. The fraction of sp³-hybridized carbons (Fsp3) is 0.520. The standard InChI is InChI=1S/C21H22F4N4O3S2.C4H10O/c22-13-5-3-12(4-6-13)19-28-10-15(34-19)18(32)27-11-16(30)29-14(2-1-7-21(23,24)25)17(31)20-26-8-9-33-20;1-3-4(2)5/h3,5-6,8-10,12,14,17,31H,1-2,4,7,11H2,(H,27,32)(H,29,30);4-5H,3H2,1-2H3. The molecule has 2 aromatic rings. The van der Waals surface area contributed by atoms with Gasteiger partial charge in [0.15, 0.2) is 0 Å². The number of nitrogens with zero attached hydrogens (tertiary/aromatic N) is 2. The van der Waals surface area contributed by atoms with Gasteiger partial charge in [0.1, 0.15) is 26.8 Å². The zero-order valence-corrected chi connectivity index (χ0v) is 23.1. The van der Waals surface area contributed by atoms with Crippen molar-refractivity contribution in [2.24, 2.45) is 0 Å². The second-order valence-corrected chi connectivity index (χ2v) is 10.8. The molecule has 8 nitrogen and oxygen atoms in total. The van der Waals surface area contributed by atoms with E-state index in [1.165, 1.54) is 24.5 Å². The van der Waals surface area contributed by atoms with Gasteiger partial charge in [-0.25, -0.2) is 14.4 Å². The smallest absolute Gasteiger partial charge is 0.389 e. The van der Waals surface area contributed by atoms with E-state index >= 15 is 0 Å². The summed E-state index contributed by atoms with van der Waals surface area (Å²) in [6.07, 6.45) is 1.32. The average Bonchev–Trinajstić information content (AvgIpc) is 3.59. The van der Waals surface area contributed by atoms with Gasteiger partial charge in [-0.1, -0.05) is 13.0 Å². The lowest BCUT2D eigenvalue weighted by molar-refractivity contribution is -0.136. The molecule has 0 bridgehead atoms. The largest absolute Gasteiger partial charge is 0.393 e. The molecular weight excluding hydrogens is 560 g/mol. The number of rotatable bonds is 11. The second kappa shape index (κ2) is 15.8. The molecule has 0 aliphatic heterocycles. The lowest BCUT2D eigenvalue weighted by Crippen LogP contribution is -2.44. The Morgan fingerprint density at radius 2 is 1.97 bits per heavy atom. The van der Waals surface area contributed by atoms with Crippen molar-refractivity contribution < 1.29 is 37.4 Å². The minimum absolute atomic E-state index is 0.116. The van der Waals surface area contributed by atoms with Crippen molar-refractivity contribution in [2.75, 3.05) is 6.54 Å². The number of alkyl halides is 3. The van der Waals surface area contributed by atoms with Gasteiger partial charge in [-0.15, -0.1) is 22.7 Å². The molecule has 2 aromatic heterocycles. The monoisotopic (exact) mass is 592 g/mol. The lowest BCUT2D eigenvalue weighted by atomic mass is 10.0. The topological polar surface area (TPSA) is 124 Å². The summed E-state index contributed by atoms with van der Waals surface area (Å²) in [5.74, 6) is -1.68. The summed E-state index contributed by atoms with van der Waals surface area (Å²) in [5.41, 5.74) is 0. The van der Waals surface area contributed by atoms with Gasteiger partial charge < -0.3 is 20.8 Å². The van der Waals surface area contributed by atoms with Crippen molar-refractivity contribution in [1.82, 2.24) is 20.6 Å². The van der Waals surface area contributed by atoms with Crippen LogP contribution < -0.4 is 10.6 Å². The van der Waals surface area contributed by atoms with E-state index in [1.54, 1.807) is 18.4 Å². The van der Waals surface area contributed by atoms with E-state index in [1.807, 2.05) is 6.92 Å². The van der Waals surface area contributed by atoms with Crippen LogP contribution in [0.25, 0.3) is 0 Å². The third kappa shape index (κ3) is 11.9. The van der Waals surface area contributed by atoms with Crippen LogP contribution in [-0.2, 0) is 4.79 Å². The summed E-state index contributed by atoms with van der Waals surface area (Å²) >= 11 is 2.24. The number of hydrogen-bond donors (Lipinski definition) is 4. The van der Waals surface area contributed by atoms with Gasteiger partial charge in [0.05, 0.1) is 24.9 Å². The summed E-state index contributed by atoms with van der Waals surface area (Å²) in [7, 11) is 0. The number of aromatic nitrogens is 2. The van der Waals surface area contributed by atoms with E-state index in [2.05, 4.69) is 20.6 Å². The number of carbonyl (C=O) groups excluding carboxylic acids is 2. The maximum atomic E-state index is 13.1. The number of amides is 2. The van der Waals surface area contributed by atoms with Crippen LogP contribution in [0, 0.1) is 0 Å². The van der Waals surface area contributed by atoms with Crippen molar-refractivity contribution in [2.45, 2.75) is 76.3 Å². The molecule has 0 saturated heterocycles. The van der Waals surface area contributed by atoms with E-state index in [4.69, 9.17) is 5.11 Å². The van der Waals surface area contributed by atoms with Crippen LogP contribution in [0.3, 0.4) is 0 Å². The molecule has 4 unspecified atom stereocenters. The highest BCUT2D eigenvalue weighted by Gasteiger charge is 2.30. The fourth-order valence-electron chi connectivity index (χ4n) is 3.23. The summed E-state index contributed by atoms with van der Waals surface area (Å²) < 4.78 is 50.7. The van der Waals surface area contributed by atoms with Gasteiger partial charge in [-0.2, -0.15) is 13.2 Å².